The summed E-state index contributed by atoms with van der Waals surface area (Å²) >= 11 is 11.1. The summed E-state index contributed by atoms with van der Waals surface area (Å²) in [7, 11) is 0. The van der Waals surface area contributed by atoms with Crippen molar-refractivity contribution in [3.05, 3.63) is 70.9 Å². The molecule has 1 saturated heterocycles. The first-order chi connectivity index (χ1) is 12.5. The fourth-order valence-corrected chi connectivity index (χ4v) is 3.53. The molecule has 2 amide bonds. The molecule has 1 fully saturated rings. The first-order valence-corrected chi connectivity index (χ1v) is 8.85. The minimum Gasteiger partial charge on any atom is -0.346 e. The van der Waals surface area contributed by atoms with Gasteiger partial charge in [0, 0.05) is 23.5 Å². The van der Waals surface area contributed by atoms with E-state index in [-0.39, 0.29) is 10.7 Å². The standard InChI is InChI=1S/C19H14ClN3O2S/c20-13-5-7-14(8-6-13)23-18(25)15(17(24)21-19(23)26)11-22-10-9-12-3-1-2-4-16(12)22/h1-8,11H,9-10H2,(H,21,24,26)/b15-11+. The van der Waals surface area contributed by atoms with Crippen molar-refractivity contribution >= 4 is 52.1 Å². The van der Waals surface area contributed by atoms with Gasteiger partial charge in [0.2, 0.25) is 0 Å². The van der Waals surface area contributed by atoms with E-state index in [0.717, 1.165) is 18.7 Å². The maximum atomic E-state index is 13.0. The fourth-order valence-electron chi connectivity index (χ4n) is 3.12. The maximum absolute atomic E-state index is 13.0. The Hall–Kier alpha value is -2.70. The highest BCUT2D eigenvalue weighted by atomic mass is 35.5. The zero-order chi connectivity index (χ0) is 18.3. The van der Waals surface area contributed by atoms with Crippen LogP contribution in [0.2, 0.25) is 5.02 Å². The number of benzene rings is 2. The third kappa shape index (κ3) is 2.87. The van der Waals surface area contributed by atoms with Crippen molar-refractivity contribution in [2.24, 2.45) is 0 Å². The average Bonchev–Trinajstić information content (AvgIpc) is 3.03. The minimum atomic E-state index is -0.491. The molecule has 0 spiro atoms. The van der Waals surface area contributed by atoms with Crippen LogP contribution in [0.5, 0.6) is 0 Å². The molecule has 1 N–H and O–H groups in total. The van der Waals surface area contributed by atoms with E-state index in [2.05, 4.69) is 5.32 Å². The Labute approximate surface area is 160 Å². The van der Waals surface area contributed by atoms with Crippen molar-refractivity contribution in [3.63, 3.8) is 0 Å². The van der Waals surface area contributed by atoms with Crippen LogP contribution in [-0.4, -0.2) is 23.5 Å². The van der Waals surface area contributed by atoms with Crippen LogP contribution in [0, 0.1) is 0 Å². The summed E-state index contributed by atoms with van der Waals surface area (Å²) in [4.78, 5) is 28.6. The molecule has 130 valence electrons. The Morgan fingerprint density at radius 1 is 1.08 bits per heavy atom. The van der Waals surface area contributed by atoms with Crippen LogP contribution in [0.25, 0.3) is 0 Å². The van der Waals surface area contributed by atoms with Crippen LogP contribution >= 0.6 is 23.8 Å². The first-order valence-electron chi connectivity index (χ1n) is 8.06. The van der Waals surface area contributed by atoms with Gasteiger partial charge in [0.15, 0.2) is 5.11 Å². The predicted octanol–water partition coefficient (Wildman–Crippen LogP) is 3.03. The molecule has 2 aliphatic rings. The number of fused-ring (bicyclic) bond motifs is 1. The lowest BCUT2D eigenvalue weighted by Crippen LogP contribution is -2.54. The largest absolute Gasteiger partial charge is 0.346 e. The number of rotatable bonds is 2. The Morgan fingerprint density at radius 3 is 2.58 bits per heavy atom. The van der Waals surface area contributed by atoms with Gasteiger partial charge >= 0.3 is 0 Å². The monoisotopic (exact) mass is 383 g/mol. The number of halogens is 1. The molecule has 0 bridgehead atoms. The summed E-state index contributed by atoms with van der Waals surface area (Å²) in [6.45, 7) is 0.717. The summed E-state index contributed by atoms with van der Waals surface area (Å²) in [5.41, 5.74) is 2.80. The third-order valence-electron chi connectivity index (χ3n) is 4.39. The Kier molecular flexibility index (Phi) is 4.22. The van der Waals surface area contributed by atoms with E-state index < -0.39 is 11.8 Å². The van der Waals surface area contributed by atoms with Gasteiger partial charge in [-0.1, -0.05) is 29.8 Å². The van der Waals surface area contributed by atoms with Crippen molar-refractivity contribution < 1.29 is 9.59 Å². The summed E-state index contributed by atoms with van der Waals surface area (Å²) in [6.07, 6.45) is 2.48. The molecular formula is C19H14ClN3O2S. The van der Waals surface area contributed by atoms with Crippen molar-refractivity contribution in [3.8, 4) is 0 Å². The Balaban J connectivity index is 1.70. The number of anilines is 2. The number of hydrogen-bond acceptors (Lipinski definition) is 4. The summed E-state index contributed by atoms with van der Waals surface area (Å²) in [5, 5.41) is 3.20. The smallest absolute Gasteiger partial charge is 0.271 e. The summed E-state index contributed by atoms with van der Waals surface area (Å²) in [5.74, 6) is -0.944. The second-order valence-electron chi connectivity index (χ2n) is 5.99. The topological polar surface area (TPSA) is 52.7 Å². The lowest BCUT2D eigenvalue weighted by molar-refractivity contribution is -0.122. The highest BCUT2D eigenvalue weighted by molar-refractivity contribution is 7.80. The number of nitrogens with one attached hydrogen (secondary N) is 1. The number of para-hydroxylation sites is 1. The van der Waals surface area contributed by atoms with Crippen LogP contribution < -0.4 is 15.1 Å². The van der Waals surface area contributed by atoms with Gasteiger partial charge in [0.25, 0.3) is 11.8 Å². The SMILES string of the molecule is O=C1NC(=S)N(c2ccc(Cl)cc2)C(=O)/C1=C/N1CCc2ccccc21. The highest BCUT2D eigenvalue weighted by Crippen LogP contribution is 2.29. The third-order valence-corrected chi connectivity index (χ3v) is 4.93. The van der Waals surface area contributed by atoms with Crippen LogP contribution in [0.1, 0.15) is 5.56 Å². The number of carbonyl (C=O) groups is 2. The molecule has 0 saturated carbocycles. The van der Waals surface area contributed by atoms with Gasteiger partial charge in [-0.3, -0.25) is 19.8 Å². The maximum Gasteiger partial charge on any atom is 0.271 e. The van der Waals surface area contributed by atoms with Crippen molar-refractivity contribution in [2.45, 2.75) is 6.42 Å². The van der Waals surface area contributed by atoms with Gasteiger partial charge in [0.05, 0.1) is 5.69 Å². The molecule has 7 heteroatoms. The van der Waals surface area contributed by atoms with Gasteiger partial charge in [-0.2, -0.15) is 0 Å². The minimum absolute atomic E-state index is 0.0465. The van der Waals surface area contributed by atoms with Gasteiger partial charge < -0.3 is 4.90 Å². The molecule has 2 heterocycles. The predicted molar refractivity (Wildman–Crippen MR) is 105 cm³/mol. The zero-order valence-electron chi connectivity index (χ0n) is 13.6. The van der Waals surface area contributed by atoms with Crippen molar-refractivity contribution in [1.29, 1.82) is 0 Å². The molecule has 0 radical (unpaired) electrons. The number of hydrogen-bond donors (Lipinski definition) is 1. The normalized spacial score (nSPS) is 18.3. The van der Waals surface area contributed by atoms with E-state index in [0.29, 0.717) is 10.7 Å². The van der Waals surface area contributed by atoms with E-state index in [1.165, 1.54) is 10.5 Å². The number of amides is 2. The van der Waals surface area contributed by atoms with Gasteiger partial charge in [0.1, 0.15) is 5.57 Å². The number of carbonyl (C=O) groups excluding carboxylic acids is 2. The lowest BCUT2D eigenvalue weighted by Gasteiger charge is -2.29. The first kappa shape index (κ1) is 16.8. The second kappa shape index (κ2) is 6.55. The number of thiocarbonyl (C=S) groups is 1. The van der Waals surface area contributed by atoms with Gasteiger partial charge in [-0.05, 0) is 54.5 Å². The zero-order valence-corrected chi connectivity index (χ0v) is 15.2. The highest BCUT2D eigenvalue weighted by Gasteiger charge is 2.35. The van der Waals surface area contributed by atoms with E-state index in [1.807, 2.05) is 29.2 Å². The molecule has 26 heavy (non-hydrogen) atoms. The molecular weight excluding hydrogens is 370 g/mol. The summed E-state index contributed by atoms with van der Waals surface area (Å²) in [6, 6.07) is 14.7. The molecule has 0 aromatic heterocycles. The van der Waals surface area contributed by atoms with Crippen LogP contribution in [0.3, 0.4) is 0 Å². The van der Waals surface area contributed by atoms with Crippen LogP contribution in [0.4, 0.5) is 11.4 Å². The molecule has 0 unspecified atom stereocenters. The fraction of sp³-hybridized carbons (Fsp3) is 0.105. The molecule has 0 atom stereocenters. The van der Waals surface area contributed by atoms with Crippen molar-refractivity contribution in [2.75, 3.05) is 16.3 Å². The molecule has 2 aliphatic heterocycles. The lowest BCUT2D eigenvalue weighted by atomic mass is 10.1. The van der Waals surface area contributed by atoms with Crippen LogP contribution in [0.15, 0.2) is 60.3 Å². The van der Waals surface area contributed by atoms with Gasteiger partial charge in [-0.15, -0.1) is 0 Å². The number of nitrogens with zero attached hydrogens (tertiary/aromatic N) is 2. The van der Waals surface area contributed by atoms with E-state index >= 15 is 0 Å². The van der Waals surface area contributed by atoms with E-state index in [1.54, 1.807) is 30.5 Å². The molecule has 4 rings (SSSR count). The quantitative estimate of drug-likeness (QED) is 0.492. The Morgan fingerprint density at radius 2 is 1.81 bits per heavy atom. The van der Waals surface area contributed by atoms with E-state index in [4.69, 9.17) is 23.8 Å². The van der Waals surface area contributed by atoms with E-state index in [9.17, 15) is 9.59 Å². The van der Waals surface area contributed by atoms with Crippen LogP contribution in [-0.2, 0) is 16.0 Å². The van der Waals surface area contributed by atoms with Crippen molar-refractivity contribution in [1.82, 2.24) is 5.32 Å². The van der Waals surface area contributed by atoms with Gasteiger partial charge in [-0.25, -0.2) is 0 Å². The second-order valence-corrected chi connectivity index (χ2v) is 6.81. The molecule has 2 aromatic rings. The molecule has 0 aliphatic carbocycles. The summed E-state index contributed by atoms with van der Waals surface area (Å²) < 4.78 is 0. The molecule has 5 nitrogen and oxygen atoms in total. The Bertz CT molecular complexity index is 956. The molecule has 2 aromatic carbocycles. The average molecular weight is 384 g/mol.